The highest BCUT2D eigenvalue weighted by atomic mass is 16.5. The van der Waals surface area contributed by atoms with E-state index in [0.29, 0.717) is 12.4 Å². The summed E-state index contributed by atoms with van der Waals surface area (Å²) in [5.74, 6) is 0.714. The van der Waals surface area contributed by atoms with Crippen molar-refractivity contribution in [2.24, 2.45) is 11.1 Å². The molecule has 0 spiro atoms. The average Bonchev–Trinajstić information content (AvgIpc) is 2.22. The first kappa shape index (κ1) is 13.8. The van der Waals surface area contributed by atoms with Crippen molar-refractivity contribution in [3.63, 3.8) is 0 Å². The zero-order valence-corrected chi connectivity index (χ0v) is 11.2. The van der Waals surface area contributed by atoms with Crippen LogP contribution in [0.2, 0.25) is 0 Å². The molecular weight excluding hydrogens is 214 g/mol. The zero-order valence-electron chi connectivity index (χ0n) is 11.2. The molecule has 1 aromatic carbocycles. The Hall–Kier alpha value is -1.22. The summed E-state index contributed by atoms with van der Waals surface area (Å²) in [6, 6.07) is 5.50. The maximum Gasteiger partial charge on any atom is 0.161 e. The van der Waals surface area contributed by atoms with E-state index in [4.69, 9.17) is 10.5 Å². The minimum atomic E-state index is 0.0731. The number of hydrogen-bond donors (Lipinski definition) is 2. The minimum Gasteiger partial charge on any atom is -0.504 e. The SMILES string of the molecule is CCOc1cc(CC(N)C(C)(C)C)ccc1O. The smallest absolute Gasteiger partial charge is 0.161 e. The van der Waals surface area contributed by atoms with Crippen LogP contribution in [0.5, 0.6) is 11.5 Å². The Morgan fingerprint density at radius 1 is 1.35 bits per heavy atom. The van der Waals surface area contributed by atoms with E-state index in [1.165, 1.54) is 0 Å². The van der Waals surface area contributed by atoms with Gasteiger partial charge in [0.1, 0.15) is 0 Å². The molecular formula is C14H23NO2. The van der Waals surface area contributed by atoms with Gasteiger partial charge < -0.3 is 15.6 Å². The molecule has 17 heavy (non-hydrogen) atoms. The largest absolute Gasteiger partial charge is 0.504 e. The van der Waals surface area contributed by atoms with Crippen LogP contribution in [0.3, 0.4) is 0 Å². The van der Waals surface area contributed by atoms with Crippen molar-refractivity contribution in [2.45, 2.75) is 40.2 Å². The minimum absolute atomic E-state index is 0.0731. The van der Waals surface area contributed by atoms with Crippen LogP contribution in [-0.2, 0) is 6.42 Å². The van der Waals surface area contributed by atoms with Gasteiger partial charge >= 0.3 is 0 Å². The Kier molecular flexibility index (Phi) is 4.40. The van der Waals surface area contributed by atoms with Gasteiger partial charge in [-0.15, -0.1) is 0 Å². The second-order valence-electron chi connectivity index (χ2n) is 5.41. The highest BCUT2D eigenvalue weighted by Gasteiger charge is 2.21. The van der Waals surface area contributed by atoms with Crippen molar-refractivity contribution in [2.75, 3.05) is 6.61 Å². The first-order valence-electron chi connectivity index (χ1n) is 6.05. The molecule has 0 amide bonds. The molecule has 0 aromatic heterocycles. The molecule has 0 saturated heterocycles. The van der Waals surface area contributed by atoms with Crippen molar-refractivity contribution in [1.29, 1.82) is 0 Å². The van der Waals surface area contributed by atoms with E-state index in [1.54, 1.807) is 6.07 Å². The van der Waals surface area contributed by atoms with Gasteiger partial charge in [0.05, 0.1) is 6.61 Å². The highest BCUT2D eigenvalue weighted by molar-refractivity contribution is 5.42. The Balaban J connectivity index is 2.82. The molecule has 0 saturated carbocycles. The Bertz CT molecular complexity index is 369. The summed E-state index contributed by atoms with van der Waals surface area (Å²) in [4.78, 5) is 0. The van der Waals surface area contributed by atoms with E-state index in [9.17, 15) is 5.11 Å². The van der Waals surface area contributed by atoms with Crippen molar-refractivity contribution in [3.05, 3.63) is 23.8 Å². The molecule has 0 aliphatic heterocycles. The van der Waals surface area contributed by atoms with Crippen molar-refractivity contribution in [1.82, 2.24) is 0 Å². The van der Waals surface area contributed by atoms with E-state index in [-0.39, 0.29) is 17.2 Å². The third-order valence-electron chi connectivity index (χ3n) is 2.89. The van der Waals surface area contributed by atoms with E-state index >= 15 is 0 Å². The quantitative estimate of drug-likeness (QED) is 0.846. The third kappa shape index (κ3) is 3.93. The van der Waals surface area contributed by atoms with E-state index < -0.39 is 0 Å². The maximum absolute atomic E-state index is 9.60. The Labute approximate surface area is 104 Å². The Morgan fingerprint density at radius 3 is 2.53 bits per heavy atom. The van der Waals surface area contributed by atoms with Crippen LogP contribution in [0, 0.1) is 5.41 Å². The number of nitrogens with two attached hydrogens (primary N) is 1. The number of phenolic OH excluding ortho intramolecular Hbond substituents is 1. The van der Waals surface area contributed by atoms with Gasteiger partial charge in [-0.25, -0.2) is 0 Å². The predicted molar refractivity (Wildman–Crippen MR) is 70.4 cm³/mol. The highest BCUT2D eigenvalue weighted by Crippen LogP contribution is 2.28. The van der Waals surface area contributed by atoms with Gasteiger partial charge in [-0.2, -0.15) is 0 Å². The molecule has 96 valence electrons. The van der Waals surface area contributed by atoms with Gasteiger partial charge in [-0.3, -0.25) is 0 Å². The van der Waals surface area contributed by atoms with E-state index in [2.05, 4.69) is 20.8 Å². The predicted octanol–water partition coefficient (Wildman–Crippen LogP) is 2.71. The molecule has 3 heteroatoms. The normalized spacial score (nSPS) is 13.5. The Morgan fingerprint density at radius 2 is 2.00 bits per heavy atom. The van der Waals surface area contributed by atoms with Crippen molar-refractivity contribution in [3.8, 4) is 11.5 Å². The van der Waals surface area contributed by atoms with Crippen LogP contribution in [0.4, 0.5) is 0 Å². The van der Waals surface area contributed by atoms with Gasteiger partial charge in [-0.05, 0) is 36.5 Å². The van der Waals surface area contributed by atoms with E-state index in [0.717, 1.165) is 12.0 Å². The van der Waals surface area contributed by atoms with Crippen LogP contribution in [0.1, 0.15) is 33.3 Å². The lowest BCUT2D eigenvalue weighted by atomic mass is 9.84. The zero-order chi connectivity index (χ0) is 13.1. The average molecular weight is 237 g/mol. The van der Waals surface area contributed by atoms with Crippen LogP contribution in [0.25, 0.3) is 0 Å². The number of benzene rings is 1. The third-order valence-corrected chi connectivity index (χ3v) is 2.89. The van der Waals surface area contributed by atoms with Crippen molar-refractivity contribution >= 4 is 0 Å². The second kappa shape index (κ2) is 5.41. The fraction of sp³-hybridized carbons (Fsp3) is 0.571. The van der Waals surface area contributed by atoms with Gasteiger partial charge in [0, 0.05) is 6.04 Å². The topological polar surface area (TPSA) is 55.5 Å². The second-order valence-corrected chi connectivity index (χ2v) is 5.41. The number of rotatable bonds is 4. The molecule has 0 aliphatic rings. The molecule has 3 nitrogen and oxygen atoms in total. The first-order valence-corrected chi connectivity index (χ1v) is 6.05. The van der Waals surface area contributed by atoms with Crippen LogP contribution in [0.15, 0.2) is 18.2 Å². The summed E-state index contributed by atoms with van der Waals surface area (Å²) in [5, 5.41) is 9.60. The summed E-state index contributed by atoms with van der Waals surface area (Å²) in [7, 11) is 0. The lowest BCUT2D eigenvalue weighted by Crippen LogP contribution is -2.36. The van der Waals surface area contributed by atoms with Crippen LogP contribution in [-0.4, -0.2) is 17.8 Å². The lowest BCUT2D eigenvalue weighted by Gasteiger charge is -2.27. The summed E-state index contributed by atoms with van der Waals surface area (Å²) in [6.45, 7) is 8.82. The number of ether oxygens (including phenoxy) is 1. The number of hydrogen-bond acceptors (Lipinski definition) is 3. The summed E-state index contributed by atoms with van der Waals surface area (Å²) in [5.41, 5.74) is 7.31. The lowest BCUT2D eigenvalue weighted by molar-refractivity contribution is 0.311. The molecule has 3 N–H and O–H groups in total. The summed E-state index contributed by atoms with van der Waals surface area (Å²) in [6.07, 6.45) is 0.782. The molecule has 1 unspecified atom stereocenters. The van der Waals surface area contributed by atoms with Crippen LogP contribution < -0.4 is 10.5 Å². The van der Waals surface area contributed by atoms with Gasteiger partial charge in [0.15, 0.2) is 11.5 Å². The molecule has 1 aromatic rings. The van der Waals surface area contributed by atoms with Crippen molar-refractivity contribution < 1.29 is 9.84 Å². The summed E-state index contributed by atoms with van der Waals surface area (Å²) < 4.78 is 5.35. The van der Waals surface area contributed by atoms with E-state index in [1.807, 2.05) is 19.1 Å². The van der Waals surface area contributed by atoms with Gasteiger partial charge in [-0.1, -0.05) is 26.8 Å². The fourth-order valence-electron chi connectivity index (χ4n) is 1.52. The fourth-order valence-corrected chi connectivity index (χ4v) is 1.52. The monoisotopic (exact) mass is 237 g/mol. The first-order chi connectivity index (χ1) is 7.84. The molecule has 1 rings (SSSR count). The number of phenols is 1. The molecule has 0 aliphatic carbocycles. The standard InChI is InChI=1S/C14H23NO2/c1-5-17-12-8-10(6-7-11(12)16)9-13(15)14(2,3)4/h6-8,13,16H,5,9,15H2,1-4H3. The molecule has 0 bridgehead atoms. The van der Waals surface area contributed by atoms with Gasteiger partial charge in [0.2, 0.25) is 0 Å². The molecule has 0 heterocycles. The number of aromatic hydroxyl groups is 1. The van der Waals surface area contributed by atoms with Crippen LogP contribution >= 0.6 is 0 Å². The van der Waals surface area contributed by atoms with Gasteiger partial charge in [0.25, 0.3) is 0 Å². The molecule has 0 radical (unpaired) electrons. The molecule has 1 atom stereocenters. The summed E-state index contributed by atoms with van der Waals surface area (Å²) >= 11 is 0. The molecule has 0 fully saturated rings. The maximum atomic E-state index is 9.60.